The van der Waals surface area contributed by atoms with Gasteiger partial charge in [-0.2, -0.15) is 18.3 Å². The van der Waals surface area contributed by atoms with E-state index in [1.165, 1.54) is 13.2 Å². The third-order valence-corrected chi connectivity index (χ3v) is 5.57. The van der Waals surface area contributed by atoms with Crippen LogP contribution in [0.3, 0.4) is 0 Å². The molecule has 8 nitrogen and oxygen atoms in total. The molecule has 1 aromatic heterocycles. The number of benzene rings is 2. The smallest absolute Gasteiger partial charge is 0.410 e. The number of hydrogen-bond acceptors (Lipinski definition) is 6. The van der Waals surface area contributed by atoms with Gasteiger partial charge in [0.2, 0.25) is 6.79 Å². The molecule has 3 aromatic rings. The fourth-order valence-electron chi connectivity index (χ4n) is 3.90. The zero-order chi connectivity index (χ0) is 23.2. The lowest BCUT2D eigenvalue weighted by Gasteiger charge is -2.33. The maximum absolute atomic E-state index is 13.9. The normalized spacial score (nSPS) is 18.9. The first-order chi connectivity index (χ1) is 15.8. The Bertz CT molecular complexity index is 1190. The van der Waals surface area contributed by atoms with Crippen molar-refractivity contribution in [3.63, 3.8) is 0 Å². The summed E-state index contributed by atoms with van der Waals surface area (Å²) in [7, 11) is 1.52. The van der Waals surface area contributed by atoms with Gasteiger partial charge in [-0.15, -0.1) is 0 Å². The Labute approximate surface area is 186 Å². The first-order valence-electron chi connectivity index (χ1n) is 10.1. The number of amides is 1. The highest BCUT2D eigenvalue weighted by Crippen LogP contribution is 2.45. The van der Waals surface area contributed by atoms with E-state index in [0.717, 1.165) is 4.68 Å². The number of fused-ring (bicyclic) bond motifs is 2. The van der Waals surface area contributed by atoms with Crippen LogP contribution in [0.5, 0.6) is 17.2 Å². The summed E-state index contributed by atoms with van der Waals surface area (Å²) in [5.74, 6) is 1.12. The topological polar surface area (TPSA) is 86.6 Å². The molecule has 2 aliphatic heterocycles. The summed E-state index contributed by atoms with van der Waals surface area (Å²) in [6.07, 6.45) is -4.85. The van der Waals surface area contributed by atoms with Gasteiger partial charge in [-0.25, -0.2) is 4.68 Å². The molecule has 33 heavy (non-hydrogen) atoms. The molecule has 2 aliphatic rings. The molecule has 0 radical (unpaired) electrons. The van der Waals surface area contributed by atoms with Crippen molar-refractivity contribution in [2.45, 2.75) is 24.7 Å². The molecule has 1 amide bonds. The summed E-state index contributed by atoms with van der Waals surface area (Å²) in [5.41, 5.74) is 0.949. The predicted molar refractivity (Wildman–Crippen MR) is 112 cm³/mol. The summed E-state index contributed by atoms with van der Waals surface area (Å²) in [4.78, 5) is 12.7. The van der Waals surface area contributed by atoms with Crippen molar-refractivity contribution in [2.24, 2.45) is 0 Å². The SMILES string of the molecule is COc1ccc(NC(=O)c2cc3n(n2)[C@H](C(F)(F)F)C[C@H](c2ccc4c(c2)OCO4)N3)cc1. The van der Waals surface area contributed by atoms with Gasteiger partial charge in [0.15, 0.2) is 23.2 Å². The average Bonchev–Trinajstić information content (AvgIpc) is 3.44. The number of carbonyl (C=O) groups excluding carboxylic acids is 1. The standard InChI is InChI=1S/C22H19F3N4O4/c1-31-14-5-3-13(4-6-14)26-21(30)16-10-20-27-15(9-19(22(23,24)25)29(20)28-16)12-2-7-17-18(8-12)33-11-32-17/h2-8,10,15,19,27H,9,11H2,1H3,(H,26,30)/t15-,19+/m1/s1. The number of hydrogen-bond donors (Lipinski definition) is 2. The molecule has 3 heterocycles. The molecular weight excluding hydrogens is 441 g/mol. The number of anilines is 2. The average molecular weight is 460 g/mol. The van der Waals surface area contributed by atoms with Gasteiger partial charge in [-0.05, 0) is 42.0 Å². The molecule has 0 saturated carbocycles. The lowest BCUT2D eigenvalue weighted by molar-refractivity contribution is -0.173. The van der Waals surface area contributed by atoms with Gasteiger partial charge in [-0.3, -0.25) is 4.79 Å². The van der Waals surface area contributed by atoms with Crippen LogP contribution in [0.1, 0.15) is 34.6 Å². The van der Waals surface area contributed by atoms with E-state index in [0.29, 0.717) is 28.5 Å². The first-order valence-corrected chi connectivity index (χ1v) is 10.1. The third kappa shape index (κ3) is 4.01. The fourth-order valence-corrected chi connectivity index (χ4v) is 3.90. The van der Waals surface area contributed by atoms with Crippen LogP contribution in [0.2, 0.25) is 0 Å². The van der Waals surface area contributed by atoms with Crippen LogP contribution in [-0.2, 0) is 0 Å². The second-order valence-electron chi connectivity index (χ2n) is 7.64. The highest BCUT2D eigenvalue weighted by Gasteiger charge is 2.47. The van der Waals surface area contributed by atoms with Gasteiger partial charge in [0, 0.05) is 18.2 Å². The largest absolute Gasteiger partial charge is 0.497 e. The zero-order valence-corrected chi connectivity index (χ0v) is 17.3. The monoisotopic (exact) mass is 460 g/mol. The third-order valence-electron chi connectivity index (χ3n) is 5.57. The number of ether oxygens (including phenoxy) is 3. The molecule has 2 aromatic carbocycles. The van der Waals surface area contributed by atoms with E-state index in [9.17, 15) is 18.0 Å². The maximum Gasteiger partial charge on any atom is 0.410 e. The van der Waals surface area contributed by atoms with Gasteiger partial charge in [-0.1, -0.05) is 6.07 Å². The van der Waals surface area contributed by atoms with Crippen LogP contribution in [-0.4, -0.2) is 35.8 Å². The summed E-state index contributed by atoms with van der Waals surface area (Å²) >= 11 is 0. The number of rotatable bonds is 4. The maximum atomic E-state index is 13.9. The van der Waals surface area contributed by atoms with Crippen LogP contribution in [0.15, 0.2) is 48.5 Å². The summed E-state index contributed by atoms with van der Waals surface area (Å²) in [5, 5.41) is 9.67. The minimum atomic E-state index is -4.55. The van der Waals surface area contributed by atoms with Crippen molar-refractivity contribution in [1.29, 1.82) is 0 Å². The Morgan fingerprint density at radius 3 is 2.64 bits per heavy atom. The Kier molecular flexibility index (Phi) is 5.03. The minimum absolute atomic E-state index is 0.0709. The van der Waals surface area contributed by atoms with E-state index >= 15 is 0 Å². The number of halogens is 3. The van der Waals surface area contributed by atoms with E-state index in [-0.39, 0.29) is 24.7 Å². The Morgan fingerprint density at radius 2 is 1.91 bits per heavy atom. The van der Waals surface area contributed by atoms with Gasteiger partial charge >= 0.3 is 6.18 Å². The van der Waals surface area contributed by atoms with Gasteiger partial charge in [0.1, 0.15) is 11.6 Å². The molecule has 0 aliphatic carbocycles. The van der Waals surface area contributed by atoms with E-state index in [2.05, 4.69) is 15.7 Å². The number of carbonyl (C=O) groups is 1. The molecule has 172 valence electrons. The second-order valence-corrected chi connectivity index (χ2v) is 7.64. The number of aromatic nitrogens is 2. The molecule has 0 unspecified atom stereocenters. The quantitative estimate of drug-likeness (QED) is 0.595. The molecule has 5 rings (SSSR count). The molecule has 11 heteroatoms. The summed E-state index contributed by atoms with van der Waals surface area (Å²) in [6, 6.07) is 10.4. The van der Waals surface area contributed by atoms with Crippen molar-refractivity contribution in [3.05, 3.63) is 59.8 Å². The molecule has 0 spiro atoms. The number of methoxy groups -OCH3 is 1. The highest BCUT2D eigenvalue weighted by atomic mass is 19.4. The summed E-state index contributed by atoms with van der Waals surface area (Å²) < 4.78 is 58.3. The molecule has 0 bridgehead atoms. The highest BCUT2D eigenvalue weighted by molar-refractivity contribution is 6.03. The Hall–Kier alpha value is -3.89. The molecule has 0 fully saturated rings. The van der Waals surface area contributed by atoms with Gasteiger partial charge < -0.3 is 24.8 Å². The van der Waals surface area contributed by atoms with Crippen molar-refractivity contribution in [3.8, 4) is 17.2 Å². The van der Waals surface area contributed by atoms with Gasteiger partial charge in [0.25, 0.3) is 5.91 Å². The molecule has 2 atom stereocenters. The molecular formula is C22H19F3N4O4. The predicted octanol–water partition coefficient (Wildman–Crippen LogP) is 4.53. The minimum Gasteiger partial charge on any atom is -0.497 e. The summed E-state index contributed by atoms with van der Waals surface area (Å²) in [6.45, 7) is 0.0709. The molecule has 0 saturated heterocycles. The second kappa shape index (κ2) is 7.91. The molecule has 2 N–H and O–H groups in total. The van der Waals surface area contributed by atoms with Crippen molar-refractivity contribution < 1.29 is 32.2 Å². The van der Waals surface area contributed by atoms with Crippen molar-refractivity contribution >= 4 is 17.4 Å². The van der Waals surface area contributed by atoms with Crippen LogP contribution in [0, 0.1) is 0 Å². The zero-order valence-electron chi connectivity index (χ0n) is 17.3. The first kappa shape index (κ1) is 21.0. The lowest BCUT2D eigenvalue weighted by atomic mass is 9.96. The number of nitrogens with one attached hydrogen (secondary N) is 2. The van der Waals surface area contributed by atoms with Gasteiger partial charge in [0.05, 0.1) is 13.2 Å². The Balaban J connectivity index is 1.42. The Morgan fingerprint density at radius 1 is 1.15 bits per heavy atom. The van der Waals surface area contributed by atoms with Crippen molar-refractivity contribution in [2.75, 3.05) is 24.5 Å². The lowest BCUT2D eigenvalue weighted by Crippen LogP contribution is -2.35. The van der Waals surface area contributed by atoms with E-state index in [1.807, 2.05) is 0 Å². The van der Waals surface area contributed by atoms with Crippen LogP contribution >= 0.6 is 0 Å². The number of nitrogens with zero attached hydrogens (tertiary/aromatic N) is 2. The van der Waals surface area contributed by atoms with E-state index in [4.69, 9.17) is 14.2 Å². The van der Waals surface area contributed by atoms with E-state index < -0.39 is 24.2 Å². The van der Waals surface area contributed by atoms with Crippen LogP contribution in [0.25, 0.3) is 0 Å². The van der Waals surface area contributed by atoms with Crippen LogP contribution < -0.4 is 24.8 Å². The van der Waals surface area contributed by atoms with Crippen LogP contribution in [0.4, 0.5) is 24.7 Å². The number of alkyl halides is 3. The van der Waals surface area contributed by atoms with Crippen molar-refractivity contribution in [1.82, 2.24) is 9.78 Å². The fraction of sp³-hybridized carbons (Fsp3) is 0.273. The van der Waals surface area contributed by atoms with E-state index in [1.54, 1.807) is 42.5 Å².